The molecule has 24 heavy (non-hydrogen) atoms. The Morgan fingerprint density at radius 2 is 1.92 bits per heavy atom. The van der Waals surface area contributed by atoms with Crippen molar-refractivity contribution in [3.63, 3.8) is 0 Å². The number of fused-ring (bicyclic) bond motifs is 1. The molecule has 1 aliphatic rings. The van der Waals surface area contributed by atoms with Crippen LogP contribution in [0.2, 0.25) is 10.0 Å². The molecule has 4 rings (SSSR count). The van der Waals surface area contributed by atoms with Gasteiger partial charge in [0.15, 0.2) is 11.5 Å². The molecule has 1 N–H and O–H groups in total. The molecule has 7 heteroatoms. The van der Waals surface area contributed by atoms with Gasteiger partial charge in [0.05, 0.1) is 16.4 Å². The largest absolute Gasteiger partial charge is 0.355 e. The van der Waals surface area contributed by atoms with Crippen LogP contribution in [0.4, 0.5) is 5.82 Å². The number of nitrogens with zero attached hydrogens (tertiary/aromatic N) is 4. The van der Waals surface area contributed by atoms with E-state index in [2.05, 4.69) is 30.9 Å². The zero-order valence-corrected chi connectivity index (χ0v) is 14.6. The Bertz CT molecular complexity index is 855. The standard InChI is InChI=1S/C17H17Cl2N5/c18-13-2-1-12(8-14(13)19)7-11-3-5-24(6-4-11)17-15-16(21-9-20-15)22-10-23-17/h1-2,8-11H,3-7H2,(H,20,21,22,23). The number of hydrogen-bond donors (Lipinski definition) is 1. The molecule has 124 valence electrons. The fourth-order valence-corrected chi connectivity index (χ4v) is 3.65. The second-order valence-corrected chi connectivity index (χ2v) is 6.99. The first-order valence-corrected chi connectivity index (χ1v) is 8.79. The molecule has 0 amide bonds. The molecule has 1 fully saturated rings. The lowest BCUT2D eigenvalue weighted by molar-refractivity contribution is 0.402. The van der Waals surface area contributed by atoms with Gasteiger partial charge < -0.3 is 9.88 Å². The van der Waals surface area contributed by atoms with Crippen LogP contribution < -0.4 is 4.90 Å². The highest BCUT2D eigenvalue weighted by Crippen LogP contribution is 2.29. The van der Waals surface area contributed by atoms with E-state index in [1.807, 2.05) is 12.1 Å². The van der Waals surface area contributed by atoms with Gasteiger partial charge in [-0.3, -0.25) is 0 Å². The van der Waals surface area contributed by atoms with Gasteiger partial charge in [-0.2, -0.15) is 0 Å². The Hall–Kier alpha value is -1.85. The second kappa shape index (κ2) is 6.57. The number of aromatic amines is 1. The minimum Gasteiger partial charge on any atom is -0.355 e. The lowest BCUT2D eigenvalue weighted by Gasteiger charge is -2.32. The van der Waals surface area contributed by atoms with E-state index in [0.29, 0.717) is 16.0 Å². The first-order valence-electron chi connectivity index (χ1n) is 8.03. The number of nitrogens with one attached hydrogen (secondary N) is 1. The van der Waals surface area contributed by atoms with Crippen molar-refractivity contribution in [1.82, 2.24) is 19.9 Å². The number of hydrogen-bond acceptors (Lipinski definition) is 4. The number of benzene rings is 1. The molecule has 0 bridgehead atoms. The molecule has 3 heterocycles. The molecule has 0 saturated carbocycles. The maximum Gasteiger partial charge on any atom is 0.162 e. The molecular weight excluding hydrogens is 345 g/mol. The van der Waals surface area contributed by atoms with Crippen molar-refractivity contribution in [3.05, 3.63) is 46.5 Å². The summed E-state index contributed by atoms with van der Waals surface area (Å²) in [6.45, 7) is 1.95. The number of piperidine rings is 1. The van der Waals surface area contributed by atoms with Gasteiger partial charge >= 0.3 is 0 Å². The van der Waals surface area contributed by atoms with Gasteiger partial charge in [0, 0.05) is 13.1 Å². The van der Waals surface area contributed by atoms with Crippen molar-refractivity contribution >= 4 is 40.2 Å². The Labute approximate surface area is 150 Å². The molecular formula is C17H17Cl2N5. The summed E-state index contributed by atoms with van der Waals surface area (Å²) in [6.07, 6.45) is 6.54. The summed E-state index contributed by atoms with van der Waals surface area (Å²) in [5, 5.41) is 1.25. The van der Waals surface area contributed by atoms with Crippen LogP contribution in [0.25, 0.3) is 11.2 Å². The van der Waals surface area contributed by atoms with Crippen LogP contribution in [-0.4, -0.2) is 33.0 Å². The van der Waals surface area contributed by atoms with Gasteiger partial charge in [-0.25, -0.2) is 15.0 Å². The van der Waals surface area contributed by atoms with E-state index in [0.717, 1.165) is 49.3 Å². The molecule has 0 aliphatic carbocycles. The number of H-pyrrole nitrogens is 1. The third-order valence-electron chi connectivity index (χ3n) is 4.62. The number of imidazole rings is 1. The van der Waals surface area contributed by atoms with Crippen molar-refractivity contribution in [2.75, 3.05) is 18.0 Å². The summed E-state index contributed by atoms with van der Waals surface area (Å²) in [7, 11) is 0. The average molecular weight is 362 g/mol. The first kappa shape index (κ1) is 15.7. The normalized spacial score (nSPS) is 16.0. The average Bonchev–Trinajstić information content (AvgIpc) is 3.08. The Balaban J connectivity index is 1.43. The van der Waals surface area contributed by atoms with Crippen molar-refractivity contribution < 1.29 is 0 Å². The molecule has 1 aliphatic heterocycles. The summed E-state index contributed by atoms with van der Waals surface area (Å²) in [5.74, 6) is 1.57. The van der Waals surface area contributed by atoms with E-state index < -0.39 is 0 Å². The quantitative estimate of drug-likeness (QED) is 0.762. The van der Waals surface area contributed by atoms with Crippen molar-refractivity contribution in [3.8, 4) is 0 Å². The number of halogens is 2. The predicted octanol–water partition coefficient (Wildman–Crippen LogP) is 4.12. The minimum atomic E-state index is 0.613. The zero-order chi connectivity index (χ0) is 16.5. The summed E-state index contributed by atoms with van der Waals surface area (Å²) in [4.78, 5) is 18.3. The van der Waals surface area contributed by atoms with Crippen LogP contribution >= 0.6 is 23.2 Å². The number of aromatic nitrogens is 4. The van der Waals surface area contributed by atoms with Gasteiger partial charge in [-0.05, 0) is 42.9 Å². The summed E-state index contributed by atoms with van der Waals surface area (Å²) >= 11 is 12.1. The highest BCUT2D eigenvalue weighted by atomic mass is 35.5. The third-order valence-corrected chi connectivity index (χ3v) is 5.36. The van der Waals surface area contributed by atoms with Crippen molar-refractivity contribution in [2.24, 2.45) is 5.92 Å². The highest BCUT2D eigenvalue weighted by Gasteiger charge is 2.22. The third kappa shape index (κ3) is 3.06. The molecule has 0 atom stereocenters. The van der Waals surface area contributed by atoms with Gasteiger partial charge in [0.1, 0.15) is 11.8 Å². The van der Waals surface area contributed by atoms with E-state index in [9.17, 15) is 0 Å². The van der Waals surface area contributed by atoms with Crippen LogP contribution in [0.1, 0.15) is 18.4 Å². The Morgan fingerprint density at radius 3 is 2.71 bits per heavy atom. The zero-order valence-electron chi connectivity index (χ0n) is 13.0. The maximum atomic E-state index is 6.12. The molecule has 1 aromatic carbocycles. The van der Waals surface area contributed by atoms with Crippen molar-refractivity contribution in [1.29, 1.82) is 0 Å². The molecule has 5 nitrogen and oxygen atoms in total. The summed E-state index contributed by atoms with van der Waals surface area (Å²) in [5.41, 5.74) is 2.89. The van der Waals surface area contributed by atoms with Crippen LogP contribution in [-0.2, 0) is 6.42 Å². The summed E-state index contributed by atoms with van der Waals surface area (Å²) in [6, 6.07) is 5.93. The van der Waals surface area contributed by atoms with Gasteiger partial charge in [0.2, 0.25) is 0 Å². The predicted molar refractivity (Wildman–Crippen MR) is 96.8 cm³/mol. The number of rotatable bonds is 3. The topological polar surface area (TPSA) is 57.7 Å². The molecule has 0 unspecified atom stereocenters. The molecule has 2 aromatic heterocycles. The van der Waals surface area contributed by atoms with Crippen molar-refractivity contribution in [2.45, 2.75) is 19.3 Å². The summed E-state index contributed by atoms with van der Waals surface area (Å²) < 4.78 is 0. The van der Waals surface area contributed by atoms with E-state index in [1.165, 1.54) is 5.56 Å². The fourth-order valence-electron chi connectivity index (χ4n) is 3.33. The van der Waals surface area contributed by atoms with E-state index in [4.69, 9.17) is 23.2 Å². The SMILES string of the molecule is Clc1ccc(CC2CCN(c3ncnc4[nH]cnc34)CC2)cc1Cl. The van der Waals surface area contributed by atoms with Gasteiger partial charge in [0.25, 0.3) is 0 Å². The van der Waals surface area contributed by atoms with Crippen LogP contribution in [0.3, 0.4) is 0 Å². The van der Waals surface area contributed by atoms with Crippen LogP contribution in [0.15, 0.2) is 30.9 Å². The molecule has 1 saturated heterocycles. The number of anilines is 1. The Kier molecular flexibility index (Phi) is 4.29. The van der Waals surface area contributed by atoms with E-state index in [1.54, 1.807) is 12.7 Å². The van der Waals surface area contributed by atoms with Crippen LogP contribution in [0.5, 0.6) is 0 Å². The maximum absolute atomic E-state index is 6.12. The van der Waals surface area contributed by atoms with Gasteiger partial charge in [-0.1, -0.05) is 29.3 Å². The minimum absolute atomic E-state index is 0.613. The van der Waals surface area contributed by atoms with E-state index in [-0.39, 0.29) is 0 Å². The highest BCUT2D eigenvalue weighted by molar-refractivity contribution is 6.42. The lowest BCUT2D eigenvalue weighted by Crippen LogP contribution is -2.35. The monoisotopic (exact) mass is 361 g/mol. The van der Waals surface area contributed by atoms with E-state index >= 15 is 0 Å². The Morgan fingerprint density at radius 1 is 1.08 bits per heavy atom. The van der Waals surface area contributed by atoms with Crippen LogP contribution in [0, 0.1) is 5.92 Å². The van der Waals surface area contributed by atoms with Gasteiger partial charge in [-0.15, -0.1) is 0 Å². The lowest BCUT2D eigenvalue weighted by atomic mass is 9.90. The fraction of sp³-hybridized carbons (Fsp3) is 0.353. The molecule has 3 aromatic rings. The second-order valence-electron chi connectivity index (χ2n) is 6.18. The smallest absolute Gasteiger partial charge is 0.162 e. The molecule has 0 radical (unpaired) electrons. The molecule has 0 spiro atoms. The first-order chi connectivity index (χ1) is 11.7.